The van der Waals surface area contributed by atoms with E-state index in [0.29, 0.717) is 5.75 Å². The monoisotopic (exact) mass is 317 g/mol. The van der Waals surface area contributed by atoms with Gasteiger partial charge in [-0.25, -0.2) is 9.37 Å². The SMILES string of the molecule is CC1Oc2cc(F)ccc2C1NC(=O)CCn1cnccc1=O. The highest BCUT2D eigenvalue weighted by molar-refractivity contribution is 5.76. The van der Waals surface area contributed by atoms with Gasteiger partial charge in [0.2, 0.25) is 5.91 Å². The molecule has 1 aliphatic rings. The second-order valence-corrected chi connectivity index (χ2v) is 5.41. The van der Waals surface area contributed by atoms with E-state index in [1.54, 1.807) is 6.07 Å². The van der Waals surface area contributed by atoms with E-state index in [9.17, 15) is 14.0 Å². The minimum absolute atomic E-state index is 0.144. The molecular formula is C16H16FN3O3. The van der Waals surface area contributed by atoms with Crippen molar-refractivity contribution in [3.05, 3.63) is 58.5 Å². The summed E-state index contributed by atoms with van der Waals surface area (Å²) in [6.45, 7) is 2.06. The number of benzene rings is 1. The van der Waals surface area contributed by atoms with Gasteiger partial charge >= 0.3 is 0 Å². The number of ether oxygens (including phenoxy) is 1. The van der Waals surface area contributed by atoms with Crippen LogP contribution in [-0.4, -0.2) is 21.6 Å². The van der Waals surface area contributed by atoms with Gasteiger partial charge < -0.3 is 10.1 Å². The van der Waals surface area contributed by atoms with Crippen molar-refractivity contribution < 1.29 is 13.9 Å². The summed E-state index contributed by atoms with van der Waals surface area (Å²) in [5.41, 5.74) is 0.553. The smallest absolute Gasteiger partial charge is 0.253 e. The third-order valence-electron chi connectivity index (χ3n) is 3.78. The summed E-state index contributed by atoms with van der Waals surface area (Å²) in [4.78, 5) is 27.5. The number of halogens is 1. The van der Waals surface area contributed by atoms with Gasteiger partial charge in [0.1, 0.15) is 17.7 Å². The zero-order chi connectivity index (χ0) is 16.4. The fraction of sp³-hybridized carbons (Fsp3) is 0.312. The first kappa shape index (κ1) is 15.2. The van der Waals surface area contributed by atoms with Gasteiger partial charge in [-0.3, -0.25) is 14.2 Å². The zero-order valence-electron chi connectivity index (χ0n) is 12.5. The molecule has 2 heterocycles. The van der Waals surface area contributed by atoms with Crippen LogP contribution >= 0.6 is 0 Å². The van der Waals surface area contributed by atoms with Crippen molar-refractivity contribution in [1.29, 1.82) is 0 Å². The molecule has 120 valence electrons. The van der Waals surface area contributed by atoms with Crippen LogP contribution in [0.3, 0.4) is 0 Å². The second-order valence-electron chi connectivity index (χ2n) is 5.41. The Labute approximate surface area is 131 Å². The second kappa shape index (κ2) is 6.20. The molecule has 0 bridgehead atoms. The van der Waals surface area contributed by atoms with Crippen LogP contribution in [0.25, 0.3) is 0 Å². The van der Waals surface area contributed by atoms with E-state index in [2.05, 4.69) is 10.3 Å². The highest BCUT2D eigenvalue weighted by Gasteiger charge is 2.32. The summed E-state index contributed by atoms with van der Waals surface area (Å²) in [5, 5.41) is 2.87. The Bertz CT molecular complexity index is 790. The molecule has 1 aliphatic heterocycles. The molecule has 0 radical (unpaired) electrons. The molecule has 1 N–H and O–H groups in total. The third kappa shape index (κ3) is 3.23. The fourth-order valence-electron chi connectivity index (χ4n) is 2.60. The predicted molar refractivity (Wildman–Crippen MR) is 80.5 cm³/mol. The number of fused-ring (bicyclic) bond motifs is 1. The highest BCUT2D eigenvalue weighted by atomic mass is 19.1. The fourth-order valence-corrected chi connectivity index (χ4v) is 2.60. The van der Waals surface area contributed by atoms with E-state index in [1.807, 2.05) is 6.92 Å². The molecule has 1 amide bonds. The number of hydrogen-bond acceptors (Lipinski definition) is 4. The molecule has 6 nitrogen and oxygen atoms in total. The lowest BCUT2D eigenvalue weighted by Gasteiger charge is -2.17. The van der Waals surface area contributed by atoms with Gasteiger partial charge in [-0.2, -0.15) is 0 Å². The molecule has 0 saturated heterocycles. The van der Waals surface area contributed by atoms with Crippen molar-refractivity contribution >= 4 is 5.91 Å². The number of nitrogens with zero attached hydrogens (tertiary/aromatic N) is 2. The maximum absolute atomic E-state index is 13.2. The summed E-state index contributed by atoms with van der Waals surface area (Å²) in [6.07, 6.45) is 2.67. The first-order valence-electron chi connectivity index (χ1n) is 7.30. The van der Waals surface area contributed by atoms with Crippen molar-refractivity contribution in [2.75, 3.05) is 0 Å². The molecule has 0 saturated carbocycles. The van der Waals surface area contributed by atoms with E-state index in [-0.39, 0.29) is 42.4 Å². The van der Waals surface area contributed by atoms with E-state index >= 15 is 0 Å². The third-order valence-corrected chi connectivity index (χ3v) is 3.78. The largest absolute Gasteiger partial charge is 0.488 e. The van der Waals surface area contributed by atoms with Crippen LogP contribution in [0.15, 0.2) is 41.6 Å². The van der Waals surface area contributed by atoms with Crippen molar-refractivity contribution in [2.45, 2.75) is 32.0 Å². The Morgan fingerprint density at radius 3 is 3.04 bits per heavy atom. The molecule has 2 aromatic rings. The van der Waals surface area contributed by atoms with Crippen LogP contribution in [0.4, 0.5) is 4.39 Å². The average Bonchev–Trinajstić information content (AvgIpc) is 2.81. The molecule has 1 aromatic heterocycles. The maximum atomic E-state index is 13.2. The van der Waals surface area contributed by atoms with Crippen molar-refractivity contribution in [1.82, 2.24) is 14.9 Å². The Balaban J connectivity index is 1.65. The molecule has 0 fully saturated rings. The molecule has 7 heteroatoms. The zero-order valence-corrected chi connectivity index (χ0v) is 12.5. The van der Waals surface area contributed by atoms with Gasteiger partial charge in [0.05, 0.1) is 12.4 Å². The Hall–Kier alpha value is -2.70. The van der Waals surface area contributed by atoms with Gasteiger partial charge in [-0.1, -0.05) is 6.07 Å². The molecule has 2 unspecified atom stereocenters. The van der Waals surface area contributed by atoms with Gasteiger partial charge in [-0.15, -0.1) is 0 Å². The van der Waals surface area contributed by atoms with Crippen LogP contribution in [0, 0.1) is 5.82 Å². The summed E-state index contributed by atoms with van der Waals surface area (Å²) in [6, 6.07) is 5.28. The maximum Gasteiger partial charge on any atom is 0.253 e. The topological polar surface area (TPSA) is 73.2 Å². The number of rotatable bonds is 4. The predicted octanol–water partition coefficient (Wildman–Crippen LogP) is 1.41. The summed E-state index contributed by atoms with van der Waals surface area (Å²) in [5.74, 6) is -0.136. The molecular weight excluding hydrogens is 301 g/mol. The number of aryl methyl sites for hydroxylation is 1. The van der Waals surface area contributed by atoms with Crippen LogP contribution in [0.5, 0.6) is 5.75 Å². The van der Waals surface area contributed by atoms with Crippen LogP contribution in [0.2, 0.25) is 0 Å². The minimum Gasteiger partial charge on any atom is -0.488 e. The first-order valence-corrected chi connectivity index (χ1v) is 7.30. The number of carbonyl (C=O) groups excluding carboxylic acids is 1. The van der Waals surface area contributed by atoms with E-state index in [0.717, 1.165) is 5.56 Å². The number of hydrogen-bond donors (Lipinski definition) is 1. The average molecular weight is 317 g/mol. The molecule has 1 aromatic carbocycles. The lowest BCUT2D eigenvalue weighted by atomic mass is 10.0. The van der Waals surface area contributed by atoms with Crippen LogP contribution in [0.1, 0.15) is 24.9 Å². The molecule has 2 atom stereocenters. The summed E-state index contributed by atoms with van der Waals surface area (Å²) in [7, 11) is 0. The first-order chi connectivity index (χ1) is 11.0. The highest BCUT2D eigenvalue weighted by Crippen LogP contribution is 2.36. The standard InChI is InChI=1S/C16H16FN3O3/c1-10-16(12-3-2-11(17)8-13(12)23-10)19-14(21)5-7-20-9-18-6-4-15(20)22/h2-4,6,8-10,16H,5,7H2,1H3,(H,19,21). The van der Waals surface area contributed by atoms with Crippen LogP contribution < -0.4 is 15.6 Å². The number of carbonyl (C=O) groups is 1. The lowest BCUT2D eigenvalue weighted by Crippen LogP contribution is -2.34. The van der Waals surface area contributed by atoms with Crippen molar-refractivity contribution in [2.24, 2.45) is 0 Å². The van der Waals surface area contributed by atoms with Crippen molar-refractivity contribution in [3.8, 4) is 5.75 Å². The van der Waals surface area contributed by atoms with E-state index in [4.69, 9.17) is 4.74 Å². The normalized spacial score (nSPS) is 19.0. The minimum atomic E-state index is -0.376. The van der Waals surface area contributed by atoms with E-state index < -0.39 is 0 Å². The van der Waals surface area contributed by atoms with Gasteiger partial charge in [0.25, 0.3) is 5.56 Å². The summed E-state index contributed by atoms with van der Waals surface area (Å²) < 4.78 is 20.2. The molecule has 0 spiro atoms. The van der Waals surface area contributed by atoms with Gasteiger partial charge in [-0.05, 0) is 13.0 Å². The quantitative estimate of drug-likeness (QED) is 0.925. The Kier molecular flexibility index (Phi) is 4.10. The van der Waals surface area contributed by atoms with E-state index in [1.165, 1.54) is 35.3 Å². The molecule has 0 aliphatic carbocycles. The molecule has 3 rings (SSSR count). The van der Waals surface area contributed by atoms with Crippen molar-refractivity contribution in [3.63, 3.8) is 0 Å². The summed E-state index contributed by atoms with van der Waals surface area (Å²) >= 11 is 0. The van der Waals surface area contributed by atoms with Crippen LogP contribution in [-0.2, 0) is 11.3 Å². The Morgan fingerprint density at radius 2 is 2.26 bits per heavy atom. The van der Waals surface area contributed by atoms with Gasteiger partial charge in [0.15, 0.2) is 0 Å². The number of amides is 1. The van der Waals surface area contributed by atoms with Gasteiger partial charge in [0, 0.05) is 36.9 Å². The number of aromatic nitrogens is 2. The lowest BCUT2D eigenvalue weighted by molar-refractivity contribution is -0.122. The molecule has 23 heavy (non-hydrogen) atoms. The Morgan fingerprint density at radius 1 is 1.43 bits per heavy atom. The number of nitrogens with one attached hydrogen (secondary N) is 1.